The lowest BCUT2D eigenvalue weighted by Gasteiger charge is -2.36. The quantitative estimate of drug-likeness (QED) is 0.646. The average Bonchev–Trinajstić information content (AvgIpc) is 3.21. The minimum absolute atomic E-state index is 0.134. The first-order valence-electron chi connectivity index (χ1n) is 11.5. The highest BCUT2D eigenvalue weighted by atomic mass is 16.5. The van der Waals surface area contributed by atoms with Gasteiger partial charge in [-0.2, -0.15) is 0 Å². The third kappa shape index (κ3) is 5.38. The van der Waals surface area contributed by atoms with E-state index in [1.807, 2.05) is 17.0 Å². The summed E-state index contributed by atoms with van der Waals surface area (Å²) in [5.74, 6) is 0.651. The van der Waals surface area contributed by atoms with E-state index in [1.54, 1.807) is 12.4 Å². The summed E-state index contributed by atoms with van der Waals surface area (Å²) in [6.07, 6.45) is 8.94. The highest BCUT2D eigenvalue weighted by molar-refractivity contribution is 5.81. The van der Waals surface area contributed by atoms with Gasteiger partial charge in [0, 0.05) is 57.6 Å². The van der Waals surface area contributed by atoms with Crippen LogP contribution in [-0.4, -0.2) is 90.0 Å². The Labute approximate surface area is 179 Å². The Morgan fingerprint density at radius 1 is 1.17 bits per heavy atom. The molecular weight excluding hydrogens is 380 g/mol. The molecule has 0 aromatic carbocycles. The lowest BCUT2D eigenvalue weighted by atomic mass is 9.84. The molecule has 30 heavy (non-hydrogen) atoms. The second-order valence-corrected chi connectivity index (χ2v) is 8.79. The van der Waals surface area contributed by atoms with Gasteiger partial charge in [-0.3, -0.25) is 19.5 Å². The molecule has 1 aliphatic carbocycles. The van der Waals surface area contributed by atoms with Crippen molar-refractivity contribution in [1.82, 2.24) is 19.7 Å². The predicted octanol–water partition coefficient (Wildman–Crippen LogP) is 1.58. The Balaban J connectivity index is 1.32. The van der Waals surface area contributed by atoms with Crippen LogP contribution in [0, 0.1) is 5.92 Å². The topological polar surface area (TPSA) is 66.0 Å². The van der Waals surface area contributed by atoms with E-state index in [1.165, 1.54) is 6.42 Å². The highest BCUT2D eigenvalue weighted by Crippen LogP contribution is 2.30. The number of carbonyl (C=O) groups is 2. The first-order chi connectivity index (χ1) is 14.7. The number of rotatable bonds is 8. The van der Waals surface area contributed by atoms with Crippen molar-refractivity contribution >= 4 is 11.8 Å². The molecule has 3 fully saturated rings. The molecule has 2 saturated heterocycles. The SMILES string of the molecule is O=C(Cc1cccnc1)N1CCC(N(CCCN2CCOCC2)C(=O)C2CCC2)C1. The maximum absolute atomic E-state index is 13.1. The number of pyridine rings is 1. The maximum atomic E-state index is 13.1. The number of carbonyl (C=O) groups excluding carboxylic acids is 2. The molecular formula is C23H34N4O3. The molecule has 0 N–H and O–H groups in total. The molecule has 1 atom stereocenters. The van der Waals surface area contributed by atoms with Crippen molar-refractivity contribution in [2.45, 2.75) is 44.6 Å². The Morgan fingerprint density at radius 3 is 2.70 bits per heavy atom. The number of morpholine rings is 1. The van der Waals surface area contributed by atoms with Crippen molar-refractivity contribution in [1.29, 1.82) is 0 Å². The first kappa shape index (κ1) is 21.2. The maximum Gasteiger partial charge on any atom is 0.227 e. The molecule has 1 unspecified atom stereocenters. The lowest BCUT2D eigenvalue weighted by molar-refractivity contribution is -0.141. The monoisotopic (exact) mass is 414 g/mol. The van der Waals surface area contributed by atoms with Crippen LogP contribution in [0.4, 0.5) is 0 Å². The van der Waals surface area contributed by atoms with E-state index >= 15 is 0 Å². The Hall–Kier alpha value is -1.99. The summed E-state index contributed by atoms with van der Waals surface area (Å²) in [5.41, 5.74) is 0.943. The summed E-state index contributed by atoms with van der Waals surface area (Å²) in [6, 6.07) is 3.96. The summed E-state index contributed by atoms with van der Waals surface area (Å²) in [4.78, 5) is 36.5. The lowest BCUT2D eigenvalue weighted by Crippen LogP contribution is -2.48. The van der Waals surface area contributed by atoms with E-state index in [2.05, 4.69) is 14.8 Å². The van der Waals surface area contributed by atoms with Gasteiger partial charge in [0.1, 0.15) is 0 Å². The van der Waals surface area contributed by atoms with Crippen molar-refractivity contribution < 1.29 is 14.3 Å². The van der Waals surface area contributed by atoms with Gasteiger partial charge in [0.15, 0.2) is 0 Å². The molecule has 3 heterocycles. The molecule has 1 aromatic heterocycles. The summed E-state index contributed by atoms with van der Waals surface area (Å²) in [5, 5.41) is 0. The van der Waals surface area contributed by atoms with Crippen molar-refractivity contribution in [2.75, 3.05) is 52.5 Å². The number of hydrogen-bond donors (Lipinski definition) is 0. The van der Waals surface area contributed by atoms with Gasteiger partial charge in [-0.1, -0.05) is 12.5 Å². The molecule has 0 radical (unpaired) electrons. The standard InChI is InChI=1S/C23H34N4O3/c28-22(16-19-4-2-8-24-17-19)26-11-7-21(18-26)27(23(29)20-5-1-6-20)10-3-9-25-12-14-30-15-13-25/h2,4,8,17,20-21H,1,3,5-7,9-16,18H2. The van der Waals surface area contributed by atoms with E-state index in [0.29, 0.717) is 18.9 Å². The van der Waals surface area contributed by atoms with Crippen molar-refractivity contribution in [3.63, 3.8) is 0 Å². The average molecular weight is 415 g/mol. The molecule has 1 aromatic rings. The van der Waals surface area contributed by atoms with Crippen LogP contribution in [0.25, 0.3) is 0 Å². The van der Waals surface area contributed by atoms with Crippen LogP contribution in [0.5, 0.6) is 0 Å². The Bertz CT molecular complexity index is 704. The fourth-order valence-electron chi connectivity index (χ4n) is 4.66. The molecule has 7 heteroatoms. The zero-order chi connectivity index (χ0) is 20.8. The van der Waals surface area contributed by atoms with Gasteiger partial charge < -0.3 is 14.5 Å². The molecule has 0 bridgehead atoms. The number of nitrogens with zero attached hydrogens (tertiary/aromatic N) is 4. The zero-order valence-corrected chi connectivity index (χ0v) is 17.9. The van der Waals surface area contributed by atoms with Crippen molar-refractivity contribution in [3.8, 4) is 0 Å². The molecule has 2 amide bonds. The van der Waals surface area contributed by atoms with Gasteiger partial charge in [0.05, 0.1) is 25.7 Å². The van der Waals surface area contributed by atoms with Crippen LogP contribution in [-0.2, 0) is 20.7 Å². The van der Waals surface area contributed by atoms with Crippen LogP contribution in [0.15, 0.2) is 24.5 Å². The van der Waals surface area contributed by atoms with Crippen LogP contribution < -0.4 is 0 Å². The summed E-state index contributed by atoms with van der Waals surface area (Å²) < 4.78 is 5.43. The summed E-state index contributed by atoms with van der Waals surface area (Å²) >= 11 is 0. The van der Waals surface area contributed by atoms with E-state index in [0.717, 1.165) is 77.2 Å². The number of likely N-dealkylation sites (tertiary alicyclic amines) is 1. The van der Waals surface area contributed by atoms with E-state index in [4.69, 9.17) is 4.74 Å². The van der Waals surface area contributed by atoms with E-state index in [-0.39, 0.29) is 17.9 Å². The van der Waals surface area contributed by atoms with Gasteiger partial charge in [0.2, 0.25) is 11.8 Å². The normalized spacial score (nSPS) is 22.7. The number of hydrogen-bond acceptors (Lipinski definition) is 5. The molecule has 0 spiro atoms. The number of ether oxygens (including phenoxy) is 1. The number of aromatic nitrogens is 1. The smallest absolute Gasteiger partial charge is 0.227 e. The van der Waals surface area contributed by atoms with E-state index < -0.39 is 0 Å². The third-order valence-electron chi connectivity index (χ3n) is 6.75. The minimum Gasteiger partial charge on any atom is -0.379 e. The second kappa shape index (κ2) is 10.4. The largest absolute Gasteiger partial charge is 0.379 e. The van der Waals surface area contributed by atoms with Gasteiger partial charge >= 0.3 is 0 Å². The summed E-state index contributed by atoms with van der Waals surface area (Å²) in [7, 11) is 0. The Kier molecular flexibility index (Phi) is 7.33. The van der Waals surface area contributed by atoms with Crippen LogP contribution >= 0.6 is 0 Å². The molecule has 4 rings (SSSR count). The highest BCUT2D eigenvalue weighted by Gasteiger charge is 2.37. The van der Waals surface area contributed by atoms with Gasteiger partial charge in [0.25, 0.3) is 0 Å². The van der Waals surface area contributed by atoms with Crippen molar-refractivity contribution in [2.24, 2.45) is 5.92 Å². The fraction of sp³-hybridized carbons (Fsp3) is 0.696. The molecule has 3 aliphatic rings. The Morgan fingerprint density at radius 2 is 2.00 bits per heavy atom. The second-order valence-electron chi connectivity index (χ2n) is 8.79. The number of amides is 2. The van der Waals surface area contributed by atoms with Crippen LogP contribution in [0.2, 0.25) is 0 Å². The first-order valence-corrected chi connectivity index (χ1v) is 11.5. The predicted molar refractivity (Wildman–Crippen MR) is 114 cm³/mol. The van der Waals surface area contributed by atoms with Gasteiger partial charge in [-0.25, -0.2) is 0 Å². The minimum atomic E-state index is 0.134. The summed E-state index contributed by atoms with van der Waals surface area (Å²) in [6.45, 7) is 6.78. The third-order valence-corrected chi connectivity index (χ3v) is 6.75. The van der Waals surface area contributed by atoms with Crippen LogP contribution in [0.1, 0.15) is 37.7 Å². The molecule has 7 nitrogen and oxygen atoms in total. The van der Waals surface area contributed by atoms with Gasteiger partial charge in [-0.15, -0.1) is 0 Å². The van der Waals surface area contributed by atoms with Gasteiger partial charge in [-0.05, 0) is 37.3 Å². The molecule has 2 aliphatic heterocycles. The zero-order valence-electron chi connectivity index (χ0n) is 17.9. The fourth-order valence-corrected chi connectivity index (χ4v) is 4.66. The van der Waals surface area contributed by atoms with Crippen LogP contribution in [0.3, 0.4) is 0 Å². The van der Waals surface area contributed by atoms with Crippen molar-refractivity contribution in [3.05, 3.63) is 30.1 Å². The molecule has 164 valence electrons. The molecule has 1 saturated carbocycles. The van der Waals surface area contributed by atoms with E-state index in [9.17, 15) is 9.59 Å².